The molecule has 146 valence electrons. The molecule has 0 spiro atoms. The summed E-state index contributed by atoms with van der Waals surface area (Å²) in [6.45, 7) is -0.414. The van der Waals surface area contributed by atoms with Crippen molar-refractivity contribution < 1.29 is 24.4 Å². The molecule has 1 fully saturated rings. The maximum absolute atomic E-state index is 13.2. The third kappa shape index (κ3) is 3.50. The zero-order valence-corrected chi connectivity index (χ0v) is 14.8. The van der Waals surface area contributed by atoms with Gasteiger partial charge in [-0.15, -0.1) is 0 Å². The summed E-state index contributed by atoms with van der Waals surface area (Å²) in [4.78, 5) is 0. The van der Waals surface area contributed by atoms with Gasteiger partial charge in [0, 0.05) is 11.3 Å². The molecule has 0 radical (unpaired) electrons. The Labute approximate surface area is 160 Å². The topological polar surface area (TPSA) is 99.8 Å². The van der Waals surface area contributed by atoms with Gasteiger partial charge in [0.2, 0.25) is 0 Å². The highest BCUT2D eigenvalue weighted by Crippen LogP contribution is 2.34. The molecule has 4 rings (SSSR count). The Bertz CT molecular complexity index is 932. The van der Waals surface area contributed by atoms with Crippen molar-refractivity contribution in [1.29, 1.82) is 0 Å². The second-order valence-electron chi connectivity index (χ2n) is 6.60. The van der Waals surface area contributed by atoms with Gasteiger partial charge in [0.25, 0.3) is 0 Å². The van der Waals surface area contributed by atoms with E-state index in [-0.39, 0.29) is 5.82 Å². The zero-order chi connectivity index (χ0) is 19.7. The van der Waals surface area contributed by atoms with Gasteiger partial charge in [0.15, 0.2) is 6.23 Å². The highest BCUT2D eigenvalue weighted by atomic mass is 19.1. The summed E-state index contributed by atoms with van der Waals surface area (Å²) in [5, 5.41) is 37.3. The molecule has 0 aliphatic carbocycles. The molecule has 28 heavy (non-hydrogen) atoms. The highest BCUT2D eigenvalue weighted by Gasteiger charge is 2.44. The number of nitrogens with one attached hydrogen (secondary N) is 1. The summed E-state index contributed by atoms with van der Waals surface area (Å²) in [7, 11) is 0. The molecule has 7 nitrogen and oxygen atoms in total. The van der Waals surface area contributed by atoms with Crippen LogP contribution in [-0.2, 0) is 4.74 Å². The molecule has 0 unspecified atom stereocenters. The van der Waals surface area contributed by atoms with Gasteiger partial charge in [-0.3, -0.25) is 0 Å². The van der Waals surface area contributed by atoms with Crippen LogP contribution >= 0.6 is 0 Å². The van der Waals surface area contributed by atoms with Crippen LogP contribution in [0.2, 0.25) is 0 Å². The normalized spacial score (nSPS) is 24.4. The molecule has 4 N–H and O–H groups in total. The highest BCUT2D eigenvalue weighted by molar-refractivity contribution is 5.77. The summed E-state index contributed by atoms with van der Waals surface area (Å²) in [5.41, 5.74) is 2.72. The van der Waals surface area contributed by atoms with Gasteiger partial charge >= 0.3 is 0 Å². The van der Waals surface area contributed by atoms with Crippen molar-refractivity contribution in [3.63, 3.8) is 0 Å². The van der Waals surface area contributed by atoms with Gasteiger partial charge < -0.3 is 25.4 Å². The van der Waals surface area contributed by atoms with Crippen molar-refractivity contribution in [1.82, 2.24) is 9.78 Å². The SMILES string of the molecule is OC[C@@H]1O[C@@H](n2cc(Nc3ccc(F)cc3)c(-c3ccccc3)n2)[C@H](O)[C@@H]1O. The average Bonchev–Trinajstić information content (AvgIpc) is 3.25. The Morgan fingerprint density at radius 2 is 1.75 bits per heavy atom. The van der Waals surface area contributed by atoms with E-state index in [1.165, 1.54) is 16.8 Å². The summed E-state index contributed by atoms with van der Waals surface area (Å²) in [6.07, 6.45) is -2.64. The number of nitrogens with zero attached hydrogens (tertiary/aromatic N) is 2. The molecule has 0 amide bonds. The Hall–Kier alpha value is -2.78. The summed E-state index contributed by atoms with van der Waals surface area (Å²) in [5.74, 6) is -0.337. The molecular weight excluding hydrogens is 365 g/mol. The second kappa shape index (κ2) is 7.69. The molecule has 3 aromatic rings. The first-order valence-corrected chi connectivity index (χ1v) is 8.86. The summed E-state index contributed by atoms with van der Waals surface area (Å²) >= 11 is 0. The molecule has 0 saturated carbocycles. The van der Waals surface area contributed by atoms with E-state index < -0.39 is 31.1 Å². The van der Waals surface area contributed by atoms with Crippen molar-refractivity contribution in [3.8, 4) is 11.3 Å². The third-order valence-corrected chi connectivity index (χ3v) is 4.68. The fraction of sp³-hybridized carbons (Fsp3) is 0.250. The van der Waals surface area contributed by atoms with Gasteiger partial charge in [-0.05, 0) is 24.3 Å². The first-order valence-electron chi connectivity index (χ1n) is 8.86. The van der Waals surface area contributed by atoms with Crippen LogP contribution in [0.3, 0.4) is 0 Å². The monoisotopic (exact) mass is 385 g/mol. The van der Waals surface area contributed by atoms with Gasteiger partial charge in [-0.2, -0.15) is 5.10 Å². The quantitative estimate of drug-likeness (QED) is 0.536. The Morgan fingerprint density at radius 3 is 2.39 bits per heavy atom. The number of aliphatic hydroxyl groups excluding tert-OH is 3. The number of ether oxygens (including phenoxy) is 1. The minimum atomic E-state index is -1.24. The number of halogens is 1. The largest absolute Gasteiger partial charge is 0.394 e. The maximum atomic E-state index is 13.2. The number of hydrogen-bond donors (Lipinski definition) is 4. The number of rotatable bonds is 5. The van der Waals surface area contributed by atoms with E-state index >= 15 is 0 Å². The molecule has 4 atom stereocenters. The van der Waals surface area contributed by atoms with Crippen LogP contribution in [0.25, 0.3) is 11.3 Å². The molecule has 8 heteroatoms. The minimum absolute atomic E-state index is 0.337. The van der Waals surface area contributed by atoms with Gasteiger partial charge in [0.1, 0.15) is 29.8 Å². The van der Waals surface area contributed by atoms with Crippen LogP contribution in [-0.4, -0.2) is 50.0 Å². The van der Waals surface area contributed by atoms with Crippen molar-refractivity contribution in [3.05, 3.63) is 66.6 Å². The number of hydrogen-bond acceptors (Lipinski definition) is 6. The lowest BCUT2D eigenvalue weighted by atomic mass is 10.1. The van der Waals surface area contributed by atoms with Crippen molar-refractivity contribution in [2.45, 2.75) is 24.5 Å². The fourth-order valence-corrected chi connectivity index (χ4v) is 3.21. The molecule has 1 saturated heterocycles. The van der Waals surface area contributed by atoms with Gasteiger partial charge in [-0.25, -0.2) is 9.07 Å². The lowest BCUT2D eigenvalue weighted by Crippen LogP contribution is -2.33. The minimum Gasteiger partial charge on any atom is -0.394 e. The molecule has 2 aromatic carbocycles. The van der Waals surface area contributed by atoms with Gasteiger partial charge in [-0.1, -0.05) is 30.3 Å². The van der Waals surface area contributed by atoms with E-state index in [1.807, 2.05) is 30.3 Å². The van der Waals surface area contributed by atoms with Crippen LogP contribution in [0.15, 0.2) is 60.8 Å². The number of benzene rings is 2. The van der Waals surface area contributed by atoms with E-state index in [4.69, 9.17) is 4.74 Å². The standard InChI is InChI=1S/C20H20FN3O4/c21-13-6-8-14(9-7-13)22-15-10-24(20-19(27)18(26)16(11-25)28-20)23-17(15)12-4-2-1-3-5-12/h1-10,16,18-20,22,25-27H,11H2/t16-,18+,19+,20+/m0/s1. The summed E-state index contributed by atoms with van der Waals surface area (Å²) < 4.78 is 20.2. The maximum Gasteiger partial charge on any atom is 0.179 e. The lowest BCUT2D eigenvalue weighted by Gasteiger charge is -2.14. The first kappa shape index (κ1) is 18.6. The second-order valence-corrected chi connectivity index (χ2v) is 6.60. The average molecular weight is 385 g/mol. The Balaban J connectivity index is 1.71. The molecule has 0 bridgehead atoms. The van der Waals surface area contributed by atoms with E-state index in [2.05, 4.69) is 10.4 Å². The van der Waals surface area contributed by atoms with Crippen molar-refractivity contribution in [2.24, 2.45) is 0 Å². The van der Waals surface area contributed by atoms with E-state index in [0.717, 1.165) is 5.56 Å². The van der Waals surface area contributed by atoms with Crippen molar-refractivity contribution >= 4 is 11.4 Å². The first-order chi connectivity index (χ1) is 13.6. The number of anilines is 2. The van der Waals surface area contributed by atoms with Gasteiger partial charge in [0.05, 0.1) is 18.5 Å². The molecular formula is C20H20FN3O4. The fourth-order valence-electron chi connectivity index (χ4n) is 3.21. The van der Waals surface area contributed by atoms with Crippen LogP contribution in [0.1, 0.15) is 6.23 Å². The van der Waals surface area contributed by atoms with Crippen LogP contribution < -0.4 is 5.32 Å². The molecule has 1 aromatic heterocycles. The van der Waals surface area contributed by atoms with Crippen LogP contribution in [0.5, 0.6) is 0 Å². The lowest BCUT2D eigenvalue weighted by molar-refractivity contribution is -0.0584. The zero-order valence-electron chi connectivity index (χ0n) is 14.8. The molecule has 1 aliphatic heterocycles. The van der Waals surface area contributed by atoms with E-state index in [0.29, 0.717) is 17.1 Å². The van der Waals surface area contributed by atoms with Crippen LogP contribution in [0.4, 0.5) is 15.8 Å². The van der Waals surface area contributed by atoms with Crippen LogP contribution in [0, 0.1) is 5.82 Å². The predicted octanol–water partition coefficient (Wildman–Crippen LogP) is 2.04. The van der Waals surface area contributed by atoms with E-state index in [1.54, 1.807) is 18.3 Å². The Kier molecular flexibility index (Phi) is 5.10. The third-order valence-electron chi connectivity index (χ3n) is 4.68. The Morgan fingerprint density at radius 1 is 1.04 bits per heavy atom. The molecule has 2 heterocycles. The number of aliphatic hydroxyl groups is 3. The number of aromatic nitrogens is 2. The molecule has 1 aliphatic rings. The van der Waals surface area contributed by atoms with E-state index in [9.17, 15) is 19.7 Å². The smallest absolute Gasteiger partial charge is 0.179 e. The summed E-state index contributed by atoms with van der Waals surface area (Å²) in [6, 6.07) is 15.3. The van der Waals surface area contributed by atoms with Crippen molar-refractivity contribution in [2.75, 3.05) is 11.9 Å². The predicted molar refractivity (Wildman–Crippen MR) is 100 cm³/mol.